The molecule has 2 atom stereocenters. The zero-order chi connectivity index (χ0) is 13.5. The number of hydrogen-bond acceptors (Lipinski definition) is 3. The van der Waals surface area contributed by atoms with E-state index in [0.29, 0.717) is 19.0 Å². The predicted molar refractivity (Wildman–Crippen MR) is 70.9 cm³/mol. The van der Waals surface area contributed by atoms with Gasteiger partial charge in [0, 0.05) is 26.1 Å². The molecule has 0 aliphatic carbocycles. The highest BCUT2D eigenvalue weighted by molar-refractivity contribution is 5.82. The molecule has 5 nitrogen and oxygen atoms in total. The van der Waals surface area contributed by atoms with E-state index in [0.717, 1.165) is 32.2 Å². The summed E-state index contributed by atoms with van der Waals surface area (Å²) < 4.78 is 0. The highest BCUT2D eigenvalue weighted by Gasteiger charge is 2.28. The van der Waals surface area contributed by atoms with Gasteiger partial charge in [-0.05, 0) is 39.0 Å². The van der Waals surface area contributed by atoms with Crippen LogP contribution in [-0.4, -0.2) is 41.9 Å². The molecular weight excluding hydrogens is 230 g/mol. The van der Waals surface area contributed by atoms with Gasteiger partial charge >= 0.3 is 0 Å². The van der Waals surface area contributed by atoms with Crippen LogP contribution in [0.2, 0.25) is 0 Å². The third kappa shape index (κ3) is 4.64. The molecule has 1 heterocycles. The Kier molecular flexibility index (Phi) is 6.12. The van der Waals surface area contributed by atoms with Crippen LogP contribution < -0.4 is 11.1 Å². The molecule has 0 bridgehead atoms. The number of carbonyl (C=O) groups is 2. The van der Waals surface area contributed by atoms with Crippen molar-refractivity contribution in [2.45, 2.75) is 58.0 Å². The van der Waals surface area contributed by atoms with Crippen LogP contribution in [0.1, 0.15) is 46.0 Å². The monoisotopic (exact) mass is 255 g/mol. The summed E-state index contributed by atoms with van der Waals surface area (Å²) in [4.78, 5) is 24.6. The molecule has 5 heteroatoms. The van der Waals surface area contributed by atoms with E-state index in [4.69, 9.17) is 5.73 Å². The van der Waals surface area contributed by atoms with Crippen LogP contribution in [0.15, 0.2) is 0 Å². The van der Waals surface area contributed by atoms with Crippen molar-refractivity contribution in [1.82, 2.24) is 10.2 Å². The third-order valence-corrected chi connectivity index (χ3v) is 3.47. The first-order chi connectivity index (χ1) is 8.52. The third-order valence-electron chi connectivity index (χ3n) is 3.47. The van der Waals surface area contributed by atoms with Crippen LogP contribution in [0, 0.1) is 0 Å². The van der Waals surface area contributed by atoms with Gasteiger partial charge in [-0.15, -0.1) is 0 Å². The fraction of sp³-hybridized carbons (Fsp3) is 0.846. The number of amides is 2. The van der Waals surface area contributed by atoms with E-state index in [1.54, 1.807) is 0 Å². The minimum absolute atomic E-state index is 0.0127. The Bertz CT molecular complexity index is 294. The minimum atomic E-state index is -0.386. The number of likely N-dealkylation sites (tertiary alicyclic amines) is 1. The van der Waals surface area contributed by atoms with Crippen molar-refractivity contribution in [3.05, 3.63) is 0 Å². The van der Waals surface area contributed by atoms with E-state index in [1.807, 2.05) is 4.90 Å². The maximum Gasteiger partial charge on any atom is 0.239 e. The molecule has 0 saturated carbocycles. The van der Waals surface area contributed by atoms with Gasteiger partial charge in [0.2, 0.25) is 11.8 Å². The van der Waals surface area contributed by atoms with Gasteiger partial charge in [0.1, 0.15) is 0 Å². The molecule has 2 amide bonds. The van der Waals surface area contributed by atoms with Gasteiger partial charge in [-0.25, -0.2) is 0 Å². The van der Waals surface area contributed by atoms with E-state index < -0.39 is 0 Å². The molecular formula is C13H25N3O2. The molecule has 18 heavy (non-hydrogen) atoms. The summed E-state index contributed by atoms with van der Waals surface area (Å²) in [6, 6.07) is -0.0502. The van der Waals surface area contributed by atoms with E-state index in [9.17, 15) is 9.59 Å². The molecule has 0 radical (unpaired) electrons. The van der Waals surface area contributed by atoms with Crippen molar-refractivity contribution in [2.75, 3.05) is 13.1 Å². The topological polar surface area (TPSA) is 75.4 Å². The Morgan fingerprint density at radius 3 is 2.72 bits per heavy atom. The lowest BCUT2D eigenvalue weighted by Crippen LogP contribution is -2.45. The minimum Gasteiger partial charge on any atom is -0.356 e. The molecule has 1 aliphatic heterocycles. The van der Waals surface area contributed by atoms with E-state index in [1.165, 1.54) is 6.92 Å². The fourth-order valence-electron chi connectivity index (χ4n) is 2.35. The summed E-state index contributed by atoms with van der Waals surface area (Å²) in [7, 11) is 0. The number of rotatable bonds is 6. The largest absolute Gasteiger partial charge is 0.356 e. The highest BCUT2D eigenvalue weighted by atomic mass is 16.2. The molecule has 0 unspecified atom stereocenters. The van der Waals surface area contributed by atoms with Gasteiger partial charge in [-0.2, -0.15) is 0 Å². The van der Waals surface area contributed by atoms with E-state index in [-0.39, 0.29) is 17.9 Å². The lowest BCUT2D eigenvalue weighted by Gasteiger charge is -2.24. The Morgan fingerprint density at radius 1 is 1.44 bits per heavy atom. The van der Waals surface area contributed by atoms with Gasteiger partial charge < -0.3 is 16.0 Å². The molecule has 0 aromatic carbocycles. The molecule has 1 saturated heterocycles. The number of unbranched alkanes of at least 4 members (excludes halogenated alkanes) is 1. The smallest absolute Gasteiger partial charge is 0.239 e. The molecule has 1 aliphatic rings. The number of carbonyl (C=O) groups excluding carboxylic acids is 2. The Morgan fingerprint density at radius 2 is 2.17 bits per heavy atom. The Labute approximate surface area is 109 Å². The van der Waals surface area contributed by atoms with Crippen molar-refractivity contribution in [2.24, 2.45) is 5.73 Å². The summed E-state index contributed by atoms with van der Waals surface area (Å²) in [6.07, 6.45) is 4.61. The lowest BCUT2D eigenvalue weighted by molar-refractivity contribution is -0.133. The van der Waals surface area contributed by atoms with Crippen LogP contribution >= 0.6 is 0 Å². The zero-order valence-electron chi connectivity index (χ0n) is 11.4. The summed E-state index contributed by atoms with van der Waals surface area (Å²) in [5.74, 6) is 0.0702. The number of nitrogens with two attached hydrogens (primary N) is 1. The van der Waals surface area contributed by atoms with Crippen LogP contribution in [0.5, 0.6) is 0 Å². The standard InChI is InChI=1S/C13H25N3O2/c1-10-6-5-9-16(10)13(18)12(14)7-3-4-8-15-11(2)17/h10,12H,3-9,14H2,1-2H3,(H,15,17)/t10-,12+/m1/s1. The van der Waals surface area contributed by atoms with E-state index in [2.05, 4.69) is 12.2 Å². The summed E-state index contributed by atoms with van der Waals surface area (Å²) in [6.45, 7) is 5.09. The maximum atomic E-state index is 12.1. The lowest BCUT2D eigenvalue weighted by atomic mass is 10.1. The average Bonchev–Trinajstić information content (AvgIpc) is 2.73. The quantitative estimate of drug-likeness (QED) is 0.684. The SMILES string of the molecule is CC(=O)NCCCC[C@H](N)C(=O)N1CCC[C@H]1C. The normalized spacial score (nSPS) is 20.8. The Hall–Kier alpha value is -1.10. The maximum absolute atomic E-state index is 12.1. The zero-order valence-corrected chi connectivity index (χ0v) is 11.4. The van der Waals surface area contributed by atoms with Crippen LogP contribution in [-0.2, 0) is 9.59 Å². The second-order valence-corrected chi connectivity index (χ2v) is 5.11. The van der Waals surface area contributed by atoms with Gasteiger partial charge in [-0.3, -0.25) is 9.59 Å². The first kappa shape index (κ1) is 15.0. The molecule has 3 N–H and O–H groups in total. The van der Waals surface area contributed by atoms with E-state index >= 15 is 0 Å². The summed E-state index contributed by atoms with van der Waals surface area (Å²) in [5, 5.41) is 2.74. The number of hydrogen-bond donors (Lipinski definition) is 2. The second-order valence-electron chi connectivity index (χ2n) is 5.11. The summed E-state index contributed by atoms with van der Waals surface area (Å²) in [5.41, 5.74) is 5.92. The van der Waals surface area contributed by atoms with Crippen molar-refractivity contribution >= 4 is 11.8 Å². The molecule has 104 valence electrons. The highest BCUT2D eigenvalue weighted by Crippen LogP contribution is 2.18. The molecule has 0 spiro atoms. The molecule has 0 aromatic heterocycles. The van der Waals surface area contributed by atoms with Crippen molar-refractivity contribution in [3.63, 3.8) is 0 Å². The van der Waals surface area contributed by atoms with Gasteiger partial charge in [0.25, 0.3) is 0 Å². The first-order valence-electron chi connectivity index (χ1n) is 6.83. The Balaban J connectivity index is 2.17. The number of nitrogens with one attached hydrogen (secondary N) is 1. The van der Waals surface area contributed by atoms with Crippen molar-refractivity contribution < 1.29 is 9.59 Å². The van der Waals surface area contributed by atoms with Crippen LogP contribution in [0.4, 0.5) is 0 Å². The van der Waals surface area contributed by atoms with Gasteiger partial charge in [0.05, 0.1) is 6.04 Å². The molecule has 1 rings (SSSR count). The van der Waals surface area contributed by atoms with Gasteiger partial charge in [-0.1, -0.05) is 0 Å². The van der Waals surface area contributed by atoms with Gasteiger partial charge in [0.15, 0.2) is 0 Å². The first-order valence-corrected chi connectivity index (χ1v) is 6.83. The summed E-state index contributed by atoms with van der Waals surface area (Å²) >= 11 is 0. The van der Waals surface area contributed by atoms with Crippen LogP contribution in [0.25, 0.3) is 0 Å². The van der Waals surface area contributed by atoms with Crippen molar-refractivity contribution in [3.8, 4) is 0 Å². The predicted octanol–water partition coefficient (Wildman–Crippen LogP) is 0.631. The fourth-order valence-corrected chi connectivity index (χ4v) is 2.35. The molecule has 1 fully saturated rings. The van der Waals surface area contributed by atoms with Crippen molar-refractivity contribution in [1.29, 1.82) is 0 Å². The second kappa shape index (κ2) is 7.36. The average molecular weight is 255 g/mol. The van der Waals surface area contributed by atoms with Crippen LogP contribution in [0.3, 0.4) is 0 Å². The number of nitrogens with zero attached hydrogens (tertiary/aromatic N) is 1. The molecule has 0 aromatic rings.